The third kappa shape index (κ3) is 4.81. The van der Waals surface area contributed by atoms with Gasteiger partial charge in [-0.15, -0.1) is 0 Å². The molecule has 1 fully saturated rings. The van der Waals surface area contributed by atoms with Gasteiger partial charge in [-0.2, -0.15) is 0 Å². The molecule has 8 nitrogen and oxygen atoms in total. The number of carbonyl (C=O) groups excluding carboxylic acids is 2. The fourth-order valence-corrected chi connectivity index (χ4v) is 4.28. The average Bonchev–Trinajstić information content (AvgIpc) is 2.82. The van der Waals surface area contributed by atoms with Gasteiger partial charge in [0, 0.05) is 51.5 Å². The first kappa shape index (κ1) is 22.0. The second-order valence-corrected chi connectivity index (χ2v) is 8.22. The zero-order chi connectivity index (χ0) is 22.7. The minimum absolute atomic E-state index is 0.0820. The topological polar surface area (TPSA) is 87.7 Å². The first-order chi connectivity index (χ1) is 15.4. The van der Waals surface area contributed by atoms with Crippen LogP contribution in [0.25, 0.3) is 0 Å². The van der Waals surface area contributed by atoms with Crippen LogP contribution in [-0.2, 0) is 22.6 Å². The number of ether oxygens (including phenoxy) is 1. The molecule has 4 rings (SSSR count). The maximum atomic E-state index is 13.0. The molecule has 2 aromatic rings. The van der Waals surface area contributed by atoms with Crippen molar-refractivity contribution in [3.8, 4) is 5.75 Å². The Balaban J connectivity index is 1.45. The molecule has 32 heavy (non-hydrogen) atoms. The number of hydrogen-bond donors (Lipinski definition) is 1. The van der Waals surface area contributed by atoms with Crippen LogP contribution in [0.4, 0.5) is 10.2 Å². The molecule has 0 spiro atoms. The van der Waals surface area contributed by atoms with E-state index in [1.807, 2.05) is 11.9 Å². The Bertz CT molecular complexity index is 981. The second kappa shape index (κ2) is 9.50. The lowest BCUT2D eigenvalue weighted by Crippen LogP contribution is -2.40. The number of likely N-dealkylation sites (tertiary alicyclic amines) is 1. The molecule has 9 heteroatoms. The molecule has 1 saturated heterocycles. The van der Waals surface area contributed by atoms with E-state index >= 15 is 0 Å². The number of piperidine rings is 1. The smallest absolute Gasteiger partial charge is 0.260 e. The summed E-state index contributed by atoms with van der Waals surface area (Å²) in [6.07, 6.45) is 2.53. The molecular formula is C23H28FN5O3. The molecule has 1 N–H and O–H groups in total. The number of aromatic nitrogens is 2. The van der Waals surface area contributed by atoms with E-state index in [-0.39, 0.29) is 30.2 Å². The van der Waals surface area contributed by atoms with Crippen molar-refractivity contribution in [3.05, 3.63) is 47.2 Å². The largest absolute Gasteiger partial charge is 0.484 e. The molecule has 1 aromatic heterocycles. The van der Waals surface area contributed by atoms with Gasteiger partial charge in [-0.05, 0) is 37.1 Å². The molecule has 0 bridgehead atoms. The number of rotatable bonds is 5. The summed E-state index contributed by atoms with van der Waals surface area (Å²) >= 11 is 0. The van der Waals surface area contributed by atoms with Gasteiger partial charge < -0.3 is 19.9 Å². The Morgan fingerprint density at radius 3 is 2.69 bits per heavy atom. The number of amides is 2. The van der Waals surface area contributed by atoms with Crippen LogP contribution in [0.3, 0.4) is 0 Å². The summed E-state index contributed by atoms with van der Waals surface area (Å²) in [5.74, 6) is 1.65. The first-order valence-electron chi connectivity index (χ1n) is 10.9. The number of nitrogens with zero attached hydrogens (tertiary/aromatic N) is 4. The lowest BCUT2D eigenvalue weighted by Gasteiger charge is -2.33. The highest BCUT2D eigenvalue weighted by molar-refractivity contribution is 5.78. The van der Waals surface area contributed by atoms with Crippen molar-refractivity contribution in [2.24, 2.45) is 0 Å². The highest BCUT2D eigenvalue weighted by atomic mass is 19.1. The summed E-state index contributed by atoms with van der Waals surface area (Å²) in [7, 11) is 1.81. The third-order valence-corrected chi connectivity index (χ3v) is 6.07. The molecule has 1 aromatic carbocycles. The van der Waals surface area contributed by atoms with E-state index in [0.717, 1.165) is 42.3 Å². The van der Waals surface area contributed by atoms with Gasteiger partial charge in [0.25, 0.3) is 5.91 Å². The molecule has 2 aliphatic rings. The van der Waals surface area contributed by atoms with Crippen LogP contribution < -0.4 is 10.1 Å². The van der Waals surface area contributed by atoms with E-state index in [9.17, 15) is 14.0 Å². The minimum Gasteiger partial charge on any atom is -0.484 e. The predicted molar refractivity (Wildman–Crippen MR) is 117 cm³/mol. The van der Waals surface area contributed by atoms with E-state index in [2.05, 4.69) is 5.32 Å². The van der Waals surface area contributed by atoms with Crippen LogP contribution in [0, 0.1) is 5.82 Å². The number of nitrogens with one attached hydrogen (secondary N) is 1. The number of hydrogen-bond acceptors (Lipinski definition) is 6. The van der Waals surface area contributed by atoms with E-state index in [1.54, 1.807) is 11.8 Å². The third-order valence-electron chi connectivity index (χ3n) is 6.07. The van der Waals surface area contributed by atoms with Crippen LogP contribution in [0.2, 0.25) is 0 Å². The Kier molecular flexibility index (Phi) is 6.53. The summed E-state index contributed by atoms with van der Waals surface area (Å²) in [5, 5.41) is 3.15. The van der Waals surface area contributed by atoms with E-state index < -0.39 is 0 Å². The van der Waals surface area contributed by atoms with Gasteiger partial charge in [-0.1, -0.05) is 0 Å². The normalized spacial score (nSPS) is 18.2. The fraction of sp³-hybridized carbons (Fsp3) is 0.478. The molecule has 170 valence electrons. The Morgan fingerprint density at radius 2 is 1.97 bits per heavy atom. The Labute approximate surface area is 186 Å². The van der Waals surface area contributed by atoms with Crippen LogP contribution in [0.5, 0.6) is 5.75 Å². The van der Waals surface area contributed by atoms with Gasteiger partial charge in [0.15, 0.2) is 6.61 Å². The van der Waals surface area contributed by atoms with Gasteiger partial charge in [-0.3, -0.25) is 9.59 Å². The van der Waals surface area contributed by atoms with Gasteiger partial charge in [0.2, 0.25) is 5.91 Å². The van der Waals surface area contributed by atoms with Crippen LogP contribution in [0.15, 0.2) is 24.3 Å². The van der Waals surface area contributed by atoms with Crippen molar-refractivity contribution in [2.45, 2.75) is 38.6 Å². The molecule has 0 aliphatic carbocycles. The predicted octanol–water partition coefficient (Wildman–Crippen LogP) is 2.35. The maximum absolute atomic E-state index is 13.0. The fourth-order valence-electron chi connectivity index (χ4n) is 4.28. The Morgan fingerprint density at radius 1 is 1.19 bits per heavy atom. The zero-order valence-corrected chi connectivity index (χ0v) is 18.4. The number of halogens is 1. The highest BCUT2D eigenvalue weighted by Crippen LogP contribution is 2.30. The van der Waals surface area contributed by atoms with Gasteiger partial charge >= 0.3 is 0 Å². The van der Waals surface area contributed by atoms with Crippen molar-refractivity contribution in [2.75, 3.05) is 38.6 Å². The summed E-state index contributed by atoms with van der Waals surface area (Å²) in [6.45, 7) is 3.86. The van der Waals surface area contributed by atoms with Crippen molar-refractivity contribution >= 4 is 17.6 Å². The average molecular weight is 442 g/mol. The minimum atomic E-state index is -0.350. The summed E-state index contributed by atoms with van der Waals surface area (Å²) in [4.78, 5) is 37.7. The second-order valence-electron chi connectivity index (χ2n) is 8.22. The SMILES string of the molecule is CNc1nc([C@H]2CCCN(C(C)=O)C2)nc2c1CN(C(=O)COc1ccc(F)cc1)CC2. The van der Waals surface area contributed by atoms with Crippen molar-refractivity contribution < 1.29 is 18.7 Å². The van der Waals surface area contributed by atoms with Crippen molar-refractivity contribution in [1.82, 2.24) is 19.8 Å². The number of carbonyl (C=O) groups is 2. The molecule has 0 radical (unpaired) electrons. The summed E-state index contributed by atoms with van der Waals surface area (Å²) in [6, 6.07) is 5.60. The molecule has 3 heterocycles. The summed E-state index contributed by atoms with van der Waals surface area (Å²) < 4.78 is 18.5. The van der Waals surface area contributed by atoms with Crippen LogP contribution in [0.1, 0.15) is 42.8 Å². The maximum Gasteiger partial charge on any atom is 0.260 e. The molecule has 2 amide bonds. The zero-order valence-electron chi connectivity index (χ0n) is 18.4. The molecule has 0 unspecified atom stereocenters. The molecule has 1 atom stereocenters. The standard InChI is InChI=1S/C23H28FN5O3/c1-15(30)28-10-3-4-16(12-28)22-26-20-9-11-29(13-19(20)23(25-2)27-22)21(31)14-32-18-7-5-17(24)6-8-18/h5-8,16H,3-4,9-14H2,1-2H3,(H,25,26,27)/t16-/m0/s1. The number of benzene rings is 1. The monoisotopic (exact) mass is 441 g/mol. The molecule has 0 saturated carbocycles. The van der Waals surface area contributed by atoms with E-state index in [0.29, 0.717) is 31.8 Å². The van der Waals surface area contributed by atoms with Crippen molar-refractivity contribution in [3.63, 3.8) is 0 Å². The highest BCUT2D eigenvalue weighted by Gasteiger charge is 2.29. The van der Waals surface area contributed by atoms with E-state index in [4.69, 9.17) is 14.7 Å². The van der Waals surface area contributed by atoms with Gasteiger partial charge in [-0.25, -0.2) is 14.4 Å². The van der Waals surface area contributed by atoms with Gasteiger partial charge in [0.05, 0.1) is 12.2 Å². The van der Waals surface area contributed by atoms with Crippen molar-refractivity contribution in [1.29, 1.82) is 0 Å². The first-order valence-corrected chi connectivity index (χ1v) is 10.9. The number of anilines is 1. The van der Waals surface area contributed by atoms with E-state index in [1.165, 1.54) is 24.3 Å². The number of fused-ring (bicyclic) bond motifs is 1. The lowest BCUT2D eigenvalue weighted by atomic mass is 9.96. The Hall–Kier alpha value is -3.23. The van der Waals surface area contributed by atoms with Crippen LogP contribution in [-0.4, -0.2) is 64.9 Å². The lowest BCUT2D eigenvalue weighted by molar-refractivity contribution is -0.134. The van der Waals surface area contributed by atoms with Gasteiger partial charge in [0.1, 0.15) is 23.2 Å². The quantitative estimate of drug-likeness (QED) is 0.767. The van der Waals surface area contributed by atoms with Crippen LogP contribution >= 0.6 is 0 Å². The molecule has 2 aliphatic heterocycles. The molecular weight excluding hydrogens is 413 g/mol. The summed E-state index contributed by atoms with van der Waals surface area (Å²) in [5.41, 5.74) is 1.86.